The smallest absolute Gasteiger partial charge is 0.311 e. The van der Waals surface area contributed by atoms with Gasteiger partial charge >= 0.3 is 5.97 Å². The molecule has 0 amide bonds. The van der Waals surface area contributed by atoms with Crippen molar-refractivity contribution in [2.75, 3.05) is 0 Å². The van der Waals surface area contributed by atoms with Crippen LogP contribution in [0.15, 0.2) is 24.3 Å². The van der Waals surface area contributed by atoms with Crippen molar-refractivity contribution in [1.29, 1.82) is 0 Å². The second-order valence-corrected chi connectivity index (χ2v) is 5.13. The van der Waals surface area contributed by atoms with E-state index in [0.717, 1.165) is 24.8 Å². The van der Waals surface area contributed by atoms with E-state index in [0.29, 0.717) is 11.8 Å². The van der Waals surface area contributed by atoms with E-state index in [1.54, 1.807) is 0 Å². The maximum Gasteiger partial charge on any atom is 0.311 e. The molecular weight excluding hydrogens is 212 g/mol. The van der Waals surface area contributed by atoms with Crippen molar-refractivity contribution in [2.24, 2.45) is 5.92 Å². The molecule has 17 heavy (non-hydrogen) atoms. The van der Waals surface area contributed by atoms with E-state index >= 15 is 0 Å². The van der Waals surface area contributed by atoms with Crippen molar-refractivity contribution in [3.05, 3.63) is 35.4 Å². The third kappa shape index (κ3) is 2.68. The summed E-state index contributed by atoms with van der Waals surface area (Å²) in [4.78, 5) is 11.3. The van der Waals surface area contributed by atoms with Gasteiger partial charge in [0.25, 0.3) is 0 Å². The van der Waals surface area contributed by atoms with E-state index in [4.69, 9.17) is 0 Å². The summed E-state index contributed by atoms with van der Waals surface area (Å²) in [5.41, 5.74) is 2.27. The lowest BCUT2D eigenvalue weighted by Gasteiger charge is -2.14. The van der Waals surface area contributed by atoms with E-state index in [9.17, 15) is 9.90 Å². The van der Waals surface area contributed by atoms with Crippen molar-refractivity contribution in [1.82, 2.24) is 0 Å². The first-order valence-corrected chi connectivity index (χ1v) is 6.46. The summed E-state index contributed by atoms with van der Waals surface area (Å²) in [7, 11) is 0. The highest BCUT2D eigenvalue weighted by Crippen LogP contribution is 2.42. The molecule has 1 aromatic carbocycles. The van der Waals surface area contributed by atoms with Crippen LogP contribution in [-0.2, 0) is 4.79 Å². The van der Waals surface area contributed by atoms with Gasteiger partial charge in [0.2, 0.25) is 0 Å². The molecule has 0 radical (unpaired) electrons. The van der Waals surface area contributed by atoms with Crippen molar-refractivity contribution in [3.63, 3.8) is 0 Å². The second-order valence-electron chi connectivity index (χ2n) is 5.13. The minimum Gasteiger partial charge on any atom is -0.481 e. The van der Waals surface area contributed by atoms with Crippen LogP contribution < -0.4 is 0 Å². The molecule has 1 N–H and O–H groups in total. The molecule has 2 unspecified atom stereocenters. The van der Waals surface area contributed by atoms with Crippen LogP contribution >= 0.6 is 0 Å². The lowest BCUT2D eigenvalue weighted by Crippen LogP contribution is -2.13. The first-order chi connectivity index (χ1) is 8.13. The van der Waals surface area contributed by atoms with Gasteiger partial charge in [-0.1, -0.05) is 38.1 Å². The van der Waals surface area contributed by atoms with E-state index in [2.05, 4.69) is 26.0 Å². The molecule has 1 aromatic rings. The highest BCUT2D eigenvalue weighted by atomic mass is 16.4. The molecule has 1 fully saturated rings. The van der Waals surface area contributed by atoms with Gasteiger partial charge < -0.3 is 5.11 Å². The number of rotatable bonds is 5. The predicted octanol–water partition coefficient (Wildman–Crippen LogP) is 3.78. The number of benzene rings is 1. The first kappa shape index (κ1) is 12.2. The van der Waals surface area contributed by atoms with Crippen LogP contribution in [-0.4, -0.2) is 11.1 Å². The zero-order valence-electron chi connectivity index (χ0n) is 10.5. The van der Waals surface area contributed by atoms with Crippen LogP contribution in [0.5, 0.6) is 0 Å². The van der Waals surface area contributed by atoms with Gasteiger partial charge in [-0.3, -0.25) is 4.79 Å². The third-order valence-corrected chi connectivity index (χ3v) is 3.84. The summed E-state index contributed by atoms with van der Waals surface area (Å²) in [5.74, 6) is -0.0556. The molecule has 1 aliphatic carbocycles. The van der Waals surface area contributed by atoms with Crippen LogP contribution in [0.25, 0.3) is 0 Å². The molecule has 1 aliphatic rings. The Bertz CT molecular complexity index is 390. The Balaban J connectivity index is 2.18. The Labute approximate surface area is 103 Å². The first-order valence-electron chi connectivity index (χ1n) is 6.46. The van der Waals surface area contributed by atoms with Crippen molar-refractivity contribution in [3.8, 4) is 0 Å². The maximum atomic E-state index is 11.3. The molecular formula is C15H20O2. The fraction of sp³-hybridized carbons (Fsp3) is 0.533. The average molecular weight is 232 g/mol. The number of carboxylic acids is 1. The molecule has 0 bridgehead atoms. The molecule has 2 atom stereocenters. The lowest BCUT2D eigenvalue weighted by atomic mass is 9.91. The molecule has 1 saturated carbocycles. The van der Waals surface area contributed by atoms with Crippen LogP contribution in [0, 0.1) is 5.92 Å². The molecule has 0 aliphatic heterocycles. The lowest BCUT2D eigenvalue weighted by molar-refractivity contribution is -0.139. The molecule has 0 saturated heterocycles. The maximum absolute atomic E-state index is 11.3. The second kappa shape index (κ2) is 4.91. The quantitative estimate of drug-likeness (QED) is 0.838. The molecule has 2 heteroatoms. The standard InChI is InChI=1S/C15H20O2/c1-3-10(2)11-4-6-12(7-5-11)14(15(16)17)13-8-9-13/h4-7,10,13-14H,3,8-9H2,1-2H3,(H,16,17). The summed E-state index contributed by atoms with van der Waals surface area (Å²) in [6.45, 7) is 4.37. The monoisotopic (exact) mass is 232 g/mol. The van der Waals surface area contributed by atoms with Crippen molar-refractivity contribution >= 4 is 5.97 Å². The number of carboxylic acid groups (broad SMARTS) is 1. The third-order valence-electron chi connectivity index (χ3n) is 3.84. The number of carbonyl (C=O) groups is 1. The fourth-order valence-corrected chi connectivity index (χ4v) is 2.31. The van der Waals surface area contributed by atoms with Crippen LogP contribution in [0.3, 0.4) is 0 Å². The Hall–Kier alpha value is -1.31. The van der Waals surface area contributed by atoms with Gasteiger partial charge in [-0.05, 0) is 42.2 Å². The Morgan fingerprint density at radius 1 is 1.29 bits per heavy atom. The largest absolute Gasteiger partial charge is 0.481 e. The summed E-state index contributed by atoms with van der Waals surface area (Å²) >= 11 is 0. The molecule has 2 nitrogen and oxygen atoms in total. The minimum atomic E-state index is -0.677. The summed E-state index contributed by atoms with van der Waals surface area (Å²) in [6.07, 6.45) is 3.23. The fourth-order valence-electron chi connectivity index (χ4n) is 2.31. The SMILES string of the molecule is CCC(C)c1ccc(C(C(=O)O)C2CC2)cc1. The van der Waals surface area contributed by atoms with Crippen LogP contribution in [0.2, 0.25) is 0 Å². The highest BCUT2D eigenvalue weighted by molar-refractivity contribution is 5.77. The zero-order valence-corrected chi connectivity index (χ0v) is 10.5. The summed E-state index contributed by atoms with van der Waals surface area (Å²) < 4.78 is 0. The topological polar surface area (TPSA) is 37.3 Å². The van der Waals surface area contributed by atoms with Gasteiger partial charge in [0.05, 0.1) is 5.92 Å². The normalized spacial score (nSPS) is 18.7. The summed E-state index contributed by atoms with van der Waals surface area (Å²) in [6, 6.07) is 8.17. The van der Waals surface area contributed by atoms with Gasteiger partial charge in [-0.15, -0.1) is 0 Å². The van der Waals surface area contributed by atoms with E-state index in [1.165, 1.54) is 5.56 Å². The molecule has 0 spiro atoms. The average Bonchev–Trinajstić information content (AvgIpc) is 3.13. The Kier molecular flexibility index (Phi) is 3.51. The van der Waals surface area contributed by atoms with Gasteiger partial charge in [-0.2, -0.15) is 0 Å². The molecule has 2 rings (SSSR count). The summed E-state index contributed by atoms with van der Waals surface area (Å²) in [5, 5.41) is 9.26. The molecule has 0 aromatic heterocycles. The van der Waals surface area contributed by atoms with Crippen molar-refractivity contribution in [2.45, 2.75) is 44.9 Å². The predicted molar refractivity (Wildman–Crippen MR) is 68.2 cm³/mol. The van der Waals surface area contributed by atoms with E-state index in [1.807, 2.05) is 12.1 Å². The van der Waals surface area contributed by atoms with Crippen LogP contribution in [0.4, 0.5) is 0 Å². The number of hydrogen-bond acceptors (Lipinski definition) is 1. The Morgan fingerprint density at radius 2 is 1.82 bits per heavy atom. The van der Waals surface area contributed by atoms with E-state index in [-0.39, 0.29) is 5.92 Å². The van der Waals surface area contributed by atoms with Gasteiger partial charge in [0.1, 0.15) is 0 Å². The van der Waals surface area contributed by atoms with Gasteiger partial charge in [0, 0.05) is 0 Å². The molecule has 92 valence electrons. The van der Waals surface area contributed by atoms with Crippen LogP contribution in [0.1, 0.15) is 56.1 Å². The Morgan fingerprint density at radius 3 is 2.24 bits per heavy atom. The van der Waals surface area contributed by atoms with Gasteiger partial charge in [-0.25, -0.2) is 0 Å². The van der Waals surface area contributed by atoms with Gasteiger partial charge in [0.15, 0.2) is 0 Å². The van der Waals surface area contributed by atoms with E-state index < -0.39 is 5.97 Å². The number of hydrogen-bond donors (Lipinski definition) is 1. The van der Waals surface area contributed by atoms with Crippen molar-refractivity contribution < 1.29 is 9.90 Å². The number of aliphatic carboxylic acids is 1. The highest BCUT2D eigenvalue weighted by Gasteiger charge is 2.37. The molecule has 0 heterocycles. The zero-order chi connectivity index (χ0) is 12.4. The minimum absolute atomic E-state index is 0.291.